The lowest BCUT2D eigenvalue weighted by molar-refractivity contribution is 0.146. The Labute approximate surface area is 237 Å². The van der Waals surface area contributed by atoms with Gasteiger partial charge in [0.15, 0.2) is 0 Å². The fourth-order valence-electron chi connectivity index (χ4n) is 5.53. The standard InChI is InChI=1S/C34H52N2O3/c1-4-5-6-7-8-9-10-11-12-13-14-15-16-17-18-19-25-39-34(37)36-28-29(26-30-21-20-24-35(30)2)32-27-31(38-3)22-23-33(32)36/h8-9,11-12,22-23,27-28,30H,4-7,10,13-21,24-26H2,1-3H3/b9-8-,12-11-/t30-/m1/s1. The minimum Gasteiger partial charge on any atom is -0.497 e. The van der Waals surface area contributed by atoms with Gasteiger partial charge in [0, 0.05) is 17.6 Å². The van der Waals surface area contributed by atoms with Gasteiger partial charge in [0.05, 0.1) is 19.2 Å². The summed E-state index contributed by atoms with van der Waals surface area (Å²) in [7, 11) is 3.88. The van der Waals surface area contributed by atoms with Crippen molar-refractivity contribution < 1.29 is 14.3 Å². The number of likely N-dealkylation sites (N-methyl/N-ethyl adjacent to an activating group) is 1. The molecule has 1 aromatic heterocycles. The molecule has 0 bridgehead atoms. The monoisotopic (exact) mass is 536 g/mol. The number of fused-ring (bicyclic) bond motifs is 1. The number of aromatic nitrogens is 1. The number of hydrogen-bond acceptors (Lipinski definition) is 4. The van der Waals surface area contributed by atoms with Gasteiger partial charge in [-0.2, -0.15) is 0 Å². The number of ether oxygens (including phenoxy) is 2. The predicted molar refractivity (Wildman–Crippen MR) is 164 cm³/mol. The molecule has 0 aliphatic carbocycles. The third-order valence-electron chi connectivity index (χ3n) is 7.99. The summed E-state index contributed by atoms with van der Waals surface area (Å²) in [6, 6.07) is 6.45. The molecule has 0 amide bonds. The summed E-state index contributed by atoms with van der Waals surface area (Å²) in [6.45, 7) is 3.87. The maximum Gasteiger partial charge on any atom is 0.418 e. The van der Waals surface area contributed by atoms with Crippen molar-refractivity contribution in [2.75, 3.05) is 27.3 Å². The first-order chi connectivity index (χ1) is 19.1. The Kier molecular flexibility index (Phi) is 14.3. The van der Waals surface area contributed by atoms with Crippen LogP contribution in [0.5, 0.6) is 5.75 Å². The van der Waals surface area contributed by atoms with Gasteiger partial charge in [-0.1, -0.05) is 69.8 Å². The fraction of sp³-hybridized carbons (Fsp3) is 0.618. The van der Waals surface area contributed by atoms with Gasteiger partial charge in [-0.05, 0) is 95.1 Å². The minimum atomic E-state index is -0.279. The van der Waals surface area contributed by atoms with Gasteiger partial charge in [-0.15, -0.1) is 0 Å². The second-order valence-corrected chi connectivity index (χ2v) is 11.1. The van der Waals surface area contributed by atoms with Crippen LogP contribution >= 0.6 is 0 Å². The van der Waals surface area contributed by atoms with Crippen molar-refractivity contribution in [3.63, 3.8) is 0 Å². The maximum absolute atomic E-state index is 13.0. The zero-order valence-electron chi connectivity index (χ0n) is 24.8. The number of nitrogens with zero attached hydrogens (tertiary/aromatic N) is 2. The molecule has 1 fully saturated rings. The van der Waals surface area contributed by atoms with Crippen LogP contribution in [0.3, 0.4) is 0 Å². The molecule has 0 N–H and O–H groups in total. The summed E-state index contributed by atoms with van der Waals surface area (Å²) in [5.74, 6) is 0.816. The largest absolute Gasteiger partial charge is 0.497 e. The lowest BCUT2D eigenvalue weighted by Gasteiger charge is -2.18. The first kappa shape index (κ1) is 31.0. The first-order valence-corrected chi connectivity index (χ1v) is 15.5. The van der Waals surface area contributed by atoms with Crippen LogP contribution in [0, 0.1) is 0 Å². The van der Waals surface area contributed by atoms with Gasteiger partial charge in [-0.3, -0.25) is 4.57 Å². The van der Waals surface area contributed by atoms with Crippen molar-refractivity contribution >= 4 is 17.0 Å². The van der Waals surface area contributed by atoms with E-state index in [2.05, 4.69) is 43.2 Å². The smallest absolute Gasteiger partial charge is 0.418 e. The predicted octanol–water partition coefficient (Wildman–Crippen LogP) is 9.08. The van der Waals surface area contributed by atoms with Crippen molar-refractivity contribution in [1.29, 1.82) is 0 Å². The van der Waals surface area contributed by atoms with Crippen LogP contribution in [0.1, 0.15) is 102 Å². The van der Waals surface area contributed by atoms with E-state index in [4.69, 9.17) is 9.47 Å². The Morgan fingerprint density at radius 2 is 1.69 bits per heavy atom. The molecule has 1 aliphatic heterocycles. The van der Waals surface area contributed by atoms with Crippen molar-refractivity contribution in [3.05, 3.63) is 54.3 Å². The third kappa shape index (κ3) is 10.5. The van der Waals surface area contributed by atoms with Crippen LogP contribution in [0.25, 0.3) is 10.9 Å². The number of hydrogen-bond donors (Lipinski definition) is 0. The quantitative estimate of drug-likeness (QED) is 0.141. The highest BCUT2D eigenvalue weighted by Gasteiger charge is 2.24. The zero-order valence-corrected chi connectivity index (χ0v) is 24.8. The van der Waals surface area contributed by atoms with E-state index in [0.29, 0.717) is 12.6 Å². The minimum absolute atomic E-state index is 0.279. The Hall–Kier alpha value is -2.53. The molecule has 1 aliphatic rings. The number of carbonyl (C=O) groups is 1. The van der Waals surface area contributed by atoms with Gasteiger partial charge in [0.25, 0.3) is 0 Å². The number of carbonyl (C=O) groups excluding carboxylic acids is 1. The molecule has 0 radical (unpaired) electrons. The van der Waals surface area contributed by atoms with E-state index in [-0.39, 0.29) is 6.09 Å². The van der Waals surface area contributed by atoms with Gasteiger partial charge in [0.1, 0.15) is 5.75 Å². The Balaban J connectivity index is 1.32. The Morgan fingerprint density at radius 3 is 2.38 bits per heavy atom. The number of rotatable bonds is 18. The van der Waals surface area contributed by atoms with Crippen LogP contribution in [0.4, 0.5) is 4.79 Å². The number of allylic oxidation sites excluding steroid dienone is 4. The van der Waals surface area contributed by atoms with Crippen molar-refractivity contribution in [3.8, 4) is 5.75 Å². The second kappa shape index (κ2) is 17.9. The lowest BCUT2D eigenvalue weighted by atomic mass is 10.0. The molecule has 1 atom stereocenters. The number of methoxy groups -OCH3 is 1. The molecule has 5 nitrogen and oxygen atoms in total. The Morgan fingerprint density at radius 1 is 0.974 bits per heavy atom. The average molecular weight is 537 g/mol. The maximum atomic E-state index is 13.0. The fourth-order valence-corrected chi connectivity index (χ4v) is 5.53. The molecule has 39 heavy (non-hydrogen) atoms. The molecule has 0 saturated carbocycles. The molecule has 3 rings (SSSR count). The van der Waals surface area contributed by atoms with E-state index >= 15 is 0 Å². The normalized spacial score (nSPS) is 16.2. The number of unbranched alkanes of at least 4 members (excludes halogenated alkanes) is 9. The highest BCUT2D eigenvalue weighted by molar-refractivity contribution is 5.92. The molecule has 5 heteroatoms. The van der Waals surface area contributed by atoms with Crippen LogP contribution in [-0.4, -0.2) is 48.9 Å². The number of benzene rings is 1. The SMILES string of the molecule is CCCCC/C=C\C/C=C\CCCCCCCCOC(=O)n1cc(C[C@H]2CCCN2C)c2cc(OC)ccc21. The van der Waals surface area contributed by atoms with Gasteiger partial charge >= 0.3 is 6.09 Å². The van der Waals surface area contributed by atoms with Crippen molar-refractivity contribution in [2.45, 2.75) is 109 Å². The number of likely N-dealkylation sites (tertiary alicyclic amines) is 1. The van der Waals surface area contributed by atoms with E-state index in [1.807, 2.05) is 24.4 Å². The third-order valence-corrected chi connectivity index (χ3v) is 7.99. The topological polar surface area (TPSA) is 43.7 Å². The van der Waals surface area contributed by atoms with E-state index in [9.17, 15) is 4.79 Å². The molecule has 0 unspecified atom stereocenters. The van der Waals surface area contributed by atoms with Gasteiger partial charge < -0.3 is 14.4 Å². The summed E-state index contributed by atoms with van der Waals surface area (Å²) in [6.07, 6.45) is 28.7. The van der Waals surface area contributed by atoms with Crippen LogP contribution in [-0.2, 0) is 11.2 Å². The molecule has 216 valence electrons. The molecule has 1 saturated heterocycles. The van der Waals surface area contributed by atoms with E-state index in [1.165, 1.54) is 76.2 Å². The molecular formula is C34H52N2O3. The molecule has 0 spiro atoms. The highest BCUT2D eigenvalue weighted by Crippen LogP contribution is 2.29. The Bertz CT molecular complexity index is 1040. The highest BCUT2D eigenvalue weighted by atomic mass is 16.5. The van der Waals surface area contributed by atoms with Crippen molar-refractivity contribution in [1.82, 2.24) is 9.47 Å². The summed E-state index contributed by atoms with van der Waals surface area (Å²) in [5.41, 5.74) is 2.09. The van der Waals surface area contributed by atoms with Gasteiger partial charge in [-0.25, -0.2) is 4.79 Å². The second-order valence-electron chi connectivity index (χ2n) is 11.1. The summed E-state index contributed by atoms with van der Waals surface area (Å²) >= 11 is 0. The lowest BCUT2D eigenvalue weighted by Crippen LogP contribution is -2.26. The van der Waals surface area contributed by atoms with Gasteiger partial charge in [0.2, 0.25) is 0 Å². The summed E-state index contributed by atoms with van der Waals surface area (Å²) in [5, 5.41) is 1.08. The van der Waals surface area contributed by atoms with E-state index in [1.54, 1.807) is 11.7 Å². The average Bonchev–Trinajstić information content (AvgIpc) is 3.52. The molecule has 1 aromatic carbocycles. The molecule has 2 aromatic rings. The zero-order chi connectivity index (χ0) is 27.7. The van der Waals surface area contributed by atoms with E-state index in [0.717, 1.165) is 48.9 Å². The first-order valence-electron chi connectivity index (χ1n) is 15.5. The van der Waals surface area contributed by atoms with Crippen LogP contribution in [0.15, 0.2) is 48.7 Å². The van der Waals surface area contributed by atoms with Crippen LogP contribution in [0.2, 0.25) is 0 Å². The molecule has 2 heterocycles. The van der Waals surface area contributed by atoms with Crippen LogP contribution < -0.4 is 4.74 Å². The van der Waals surface area contributed by atoms with Crippen molar-refractivity contribution in [2.24, 2.45) is 0 Å². The summed E-state index contributed by atoms with van der Waals surface area (Å²) < 4.78 is 12.8. The molecular weight excluding hydrogens is 484 g/mol. The van der Waals surface area contributed by atoms with E-state index < -0.39 is 0 Å². The summed E-state index contributed by atoms with van der Waals surface area (Å²) in [4.78, 5) is 15.4.